The zero-order chi connectivity index (χ0) is 13.6. The molecule has 1 fully saturated rings. The lowest BCUT2D eigenvalue weighted by Crippen LogP contribution is -2.17. The second-order valence-corrected chi connectivity index (χ2v) is 5.56. The van der Waals surface area contributed by atoms with E-state index in [4.69, 9.17) is 0 Å². The van der Waals surface area contributed by atoms with Gasteiger partial charge in [0.15, 0.2) is 0 Å². The van der Waals surface area contributed by atoms with Crippen molar-refractivity contribution in [2.45, 2.75) is 12.8 Å². The number of hydrogen-bond donors (Lipinski definition) is 2. The van der Waals surface area contributed by atoms with Gasteiger partial charge in [-0.3, -0.25) is 0 Å². The molecule has 1 atom stereocenters. The van der Waals surface area contributed by atoms with Crippen molar-refractivity contribution < 1.29 is 0 Å². The quantitative estimate of drug-likeness (QED) is 0.867. The molecule has 2 aromatic carbocycles. The molecule has 1 aliphatic rings. The summed E-state index contributed by atoms with van der Waals surface area (Å²) in [6, 6.07) is 19.3. The first kappa shape index (κ1) is 13.2. The van der Waals surface area contributed by atoms with E-state index < -0.39 is 0 Å². The third-order valence-electron chi connectivity index (χ3n) is 4.00. The molecule has 20 heavy (non-hydrogen) atoms. The number of hydrogen-bond acceptors (Lipinski definition) is 2. The molecule has 0 aromatic heterocycles. The van der Waals surface area contributed by atoms with Crippen molar-refractivity contribution in [1.29, 1.82) is 0 Å². The van der Waals surface area contributed by atoms with E-state index in [1.165, 1.54) is 23.2 Å². The smallest absolute Gasteiger partial charge is 0.0376 e. The minimum Gasteiger partial charge on any atom is -0.384 e. The maximum Gasteiger partial charge on any atom is 0.0376 e. The van der Waals surface area contributed by atoms with Crippen molar-refractivity contribution in [1.82, 2.24) is 5.32 Å². The molecule has 2 aromatic rings. The molecule has 0 saturated carbocycles. The van der Waals surface area contributed by atoms with E-state index in [1.807, 2.05) is 0 Å². The lowest BCUT2D eigenvalue weighted by Gasteiger charge is -2.15. The molecule has 3 rings (SSSR count). The molecule has 1 heterocycles. The summed E-state index contributed by atoms with van der Waals surface area (Å²) in [6.07, 6.45) is 2.28. The summed E-state index contributed by atoms with van der Waals surface area (Å²) in [6.45, 7) is 3.38. The Kier molecular flexibility index (Phi) is 4.34. The number of para-hydroxylation sites is 1. The van der Waals surface area contributed by atoms with Gasteiger partial charge in [-0.25, -0.2) is 0 Å². The Bertz CT molecular complexity index is 530. The van der Waals surface area contributed by atoms with Gasteiger partial charge < -0.3 is 10.6 Å². The third kappa shape index (κ3) is 3.40. The van der Waals surface area contributed by atoms with Gasteiger partial charge in [-0.1, -0.05) is 48.5 Å². The predicted octanol–water partition coefficient (Wildman–Crippen LogP) is 3.30. The minimum atomic E-state index is 0.764. The van der Waals surface area contributed by atoms with Crippen molar-refractivity contribution in [2.24, 2.45) is 5.92 Å². The number of rotatable bonds is 5. The average Bonchev–Trinajstić information content (AvgIpc) is 3.01. The van der Waals surface area contributed by atoms with Crippen LogP contribution in [-0.4, -0.2) is 19.6 Å². The molecule has 2 nitrogen and oxygen atoms in total. The Morgan fingerprint density at radius 1 is 1.00 bits per heavy atom. The zero-order valence-corrected chi connectivity index (χ0v) is 11.8. The predicted molar refractivity (Wildman–Crippen MR) is 85.2 cm³/mol. The van der Waals surface area contributed by atoms with Crippen LogP contribution in [0.4, 0.5) is 5.69 Å². The standard InChI is InChI=1S/C18H22N2/c1-2-6-15(7-3-1)12-17-8-4-5-9-18(17)20-14-16-10-11-19-13-16/h1-9,16,19-20H,10-14H2. The van der Waals surface area contributed by atoms with E-state index in [2.05, 4.69) is 65.2 Å². The molecule has 0 aliphatic carbocycles. The fraction of sp³-hybridized carbons (Fsp3) is 0.333. The van der Waals surface area contributed by atoms with Crippen LogP contribution in [0.5, 0.6) is 0 Å². The van der Waals surface area contributed by atoms with E-state index in [1.54, 1.807) is 0 Å². The second kappa shape index (κ2) is 6.58. The third-order valence-corrected chi connectivity index (χ3v) is 4.00. The summed E-state index contributed by atoms with van der Waals surface area (Å²) < 4.78 is 0. The van der Waals surface area contributed by atoms with Crippen molar-refractivity contribution in [3.05, 3.63) is 65.7 Å². The highest BCUT2D eigenvalue weighted by molar-refractivity contribution is 5.52. The van der Waals surface area contributed by atoms with Crippen LogP contribution in [0.25, 0.3) is 0 Å². The molecular weight excluding hydrogens is 244 g/mol. The maximum atomic E-state index is 3.64. The Labute approximate surface area is 121 Å². The van der Waals surface area contributed by atoms with Gasteiger partial charge in [-0.05, 0) is 49.0 Å². The van der Waals surface area contributed by atoms with Crippen molar-refractivity contribution in [2.75, 3.05) is 25.0 Å². The largest absolute Gasteiger partial charge is 0.384 e. The van der Waals surface area contributed by atoms with Gasteiger partial charge in [0.2, 0.25) is 0 Å². The molecule has 1 unspecified atom stereocenters. The van der Waals surface area contributed by atoms with Gasteiger partial charge in [0.1, 0.15) is 0 Å². The summed E-state index contributed by atoms with van der Waals surface area (Å²) in [4.78, 5) is 0. The van der Waals surface area contributed by atoms with Gasteiger partial charge in [-0.2, -0.15) is 0 Å². The van der Waals surface area contributed by atoms with Gasteiger partial charge in [0.25, 0.3) is 0 Å². The Hall–Kier alpha value is -1.80. The van der Waals surface area contributed by atoms with Crippen LogP contribution >= 0.6 is 0 Å². The van der Waals surface area contributed by atoms with Gasteiger partial charge >= 0.3 is 0 Å². The van der Waals surface area contributed by atoms with Crippen molar-refractivity contribution >= 4 is 5.69 Å². The van der Waals surface area contributed by atoms with E-state index >= 15 is 0 Å². The van der Waals surface area contributed by atoms with E-state index in [0.29, 0.717) is 0 Å². The van der Waals surface area contributed by atoms with Crippen LogP contribution in [0.2, 0.25) is 0 Å². The average molecular weight is 266 g/mol. The summed E-state index contributed by atoms with van der Waals surface area (Å²) in [5.41, 5.74) is 4.03. The fourth-order valence-corrected chi connectivity index (χ4v) is 2.81. The lowest BCUT2D eigenvalue weighted by atomic mass is 10.0. The highest BCUT2D eigenvalue weighted by Gasteiger charge is 2.14. The monoisotopic (exact) mass is 266 g/mol. The van der Waals surface area contributed by atoms with Crippen LogP contribution in [0.3, 0.4) is 0 Å². The fourth-order valence-electron chi connectivity index (χ4n) is 2.81. The molecule has 2 N–H and O–H groups in total. The van der Waals surface area contributed by atoms with Crippen LogP contribution < -0.4 is 10.6 Å². The first-order valence-electron chi connectivity index (χ1n) is 7.48. The highest BCUT2D eigenvalue weighted by atomic mass is 14.9. The molecular formula is C18H22N2. The topological polar surface area (TPSA) is 24.1 Å². The summed E-state index contributed by atoms with van der Waals surface area (Å²) in [5.74, 6) is 0.764. The van der Waals surface area contributed by atoms with E-state index in [9.17, 15) is 0 Å². The number of anilines is 1. The van der Waals surface area contributed by atoms with Gasteiger partial charge in [-0.15, -0.1) is 0 Å². The molecule has 0 radical (unpaired) electrons. The second-order valence-electron chi connectivity index (χ2n) is 5.56. The molecule has 0 bridgehead atoms. The van der Waals surface area contributed by atoms with Crippen LogP contribution in [0, 0.1) is 5.92 Å². The number of nitrogens with one attached hydrogen (secondary N) is 2. The van der Waals surface area contributed by atoms with E-state index in [-0.39, 0.29) is 0 Å². The maximum absolute atomic E-state index is 3.64. The summed E-state index contributed by atoms with van der Waals surface area (Å²) in [5, 5.41) is 7.06. The van der Waals surface area contributed by atoms with Crippen molar-refractivity contribution in [3.63, 3.8) is 0 Å². The highest BCUT2D eigenvalue weighted by Crippen LogP contribution is 2.20. The molecule has 1 aliphatic heterocycles. The minimum absolute atomic E-state index is 0.764. The lowest BCUT2D eigenvalue weighted by molar-refractivity contribution is 0.615. The van der Waals surface area contributed by atoms with Crippen LogP contribution in [0.1, 0.15) is 17.5 Å². The van der Waals surface area contributed by atoms with Crippen LogP contribution in [-0.2, 0) is 6.42 Å². The normalized spacial score (nSPS) is 18.1. The molecule has 2 heteroatoms. The SMILES string of the molecule is c1ccc(Cc2ccccc2NCC2CCNC2)cc1. The first-order valence-corrected chi connectivity index (χ1v) is 7.48. The van der Waals surface area contributed by atoms with Gasteiger partial charge in [0.05, 0.1) is 0 Å². The van der Waals surface area contributed by atoms with E-state index in [0.717, 1.165) is 32.0 Å². The first-order chi connectivity index (χ1) is 9.92. The molecule has 0 spiro atoms. The Morgan fingerprint density at radius 3 is 2.60 bits per heavy atom. The molecule has 0 amide bonds. The van der Waals surface area contributed by atoms with Crippen LogP contribution in [0.15, 0.2) is 54.6 Å². The van der Waals surface area contributed by atoms with Gasteiger partial charge in [0, 0.05) is 12.2 Å². The van der Waals surface area contributed by atoms with Crippen molar-refractivity contribution in [3.8, 4) is 0 Å². The summed E-state index contributed by atoms with van der Waals surface area (Å²) in [7, 11) is 0. The number of benzene rings is 2. The molecule has 104 valence electrons. The summed E-state index contributed by atoms with van der Waals surface area (Å²) >= 11 is 0. The zero-order valence-electron chi connectivity index (χ0n) is 11.8. The molecule has 1 saturated heterocycles. The Morgan fingerprint density at radius 2 is 1.80 bits per heavy atom. The Balaban J connectivity index is 1.67.